The highest BCUT2D eigenvalue weighted by Crippen LogP contribution is 2.55. The number of aliphatic hydroxyl groups is 1. The summed E-state index contributed by atoms with van der Waals surface area (Å²) in [7, 11) is 0. The van der Waals surface area contributed by atoms with Crippen LogP contribution in [0.3, 0.4) is 0 Å². The number of esters is 1. The lowest BCUT2D eigenvalue weighted by Crippen LogP contribution is -2.45. The van der Waals surface area contributed by atoms with E-state index < -0.39 is 24.0 Å². The second kappa shape index (κ2) is 8.07. The van der Waals surface area contributed by atoms with E-state index in [0.717, 1.165) is 74.9 Å². The summed E-state index contributed by atoms with van der Waals surface area (Å²) in [6.45, 7) is 2.83. The van der Waals surface area contributed by atoms with E-state index in [2.05, 4.69) is 16.8 Å². The molecule has 0 saturated carbocycles. The summed E-state index contributed by atoms with van der Waals surface area (Å²) in [5.41, 5.74) is 3.31. The second-order valence-corrected chi connectivity index (χ2v) is 11.0. The lowest BCUT2D eigenvalue weighted by molar-refractivity contribution is -0.177. The molecular weight excluding hydrogens is 494 g/mol. The third-order valence-corrected chi connectivity index (χ3v) is 8.84. The van der Waals surface area contributed by atoms with E-state index in [0.29, 0.717) is 12.1 Å². The van der Waals surface area contributed by atoms with Crippen LogP contribution in [0.15, 0.2) is 48.5 Å². The second-order valence-electron chi connectivity index (χ2n) is 11.0. The summed E-state index contributed by atoms with van der Waals surface area (Å²) in [5.74, 6) is -0.725. The van der Waals surface area contributed by atoms with E-state index >= 15 is 0 Å². The molecule has 3 aliphatic heterocycles. The number of aromatic nitrogens is 2. The first-order chi connectivity index (χ1) is 19.0. The van der Waals surface area contributed by atoms with Crippen LogP contribution < -0.4 is 5.32 Å². The molecule has 2 bridgehead atoms. The monoisotopic (exact) mass is 523 g/mol. The van der Waals surface area contributed by atoms with Crippen LogP contribution in [0.1, 0.15) is 67.4 Å². The van der Waals surface area contributed by atoms with Gasteiger partial charge in [-0.1, -0.05) is 62.6 Å². The number of benzene rings is 3. The van der Waals surface area contributed by atoms with Crippen LogP contribution in [0.4, 0.5) is 0 Å². The van der Waals surface area contributed by atoms with Crippen LogP contribution in [-0.2, 0) is 20.8 Å². The van der Waals surface area contributed by atoms with Crippen LogP contribution >= 0.6 is 0 Å². The predicted molar refractivity (Wildman–Crippen MR) is 147 cm³/mol. The molecule has 39 heavy (non-hydrogen) atoms. The van der Waals surface area contributed by atoms with Crippen molar-refractivity contribution in [3.05, 3.63) is 59.7 Å². The molecule has 1 saturated heterocycles. The summed E-state index contributed by atoms with van der Waals surface area (Å²) in [6.07, 6.45) is 2.38. The minimum absolute atomic E-state index is 0.0515. The summed E-state index contributed by atoms with van der Waals surface area (Å²) in [6, 6.07) is 15.9. The Balaban J connectivity index is 1.44. The van der Waals surface area contributed by atoms with E-state index in [1.165, 1.54) is 0 Å². The molecule has 1 amide bonds. The molecule has 0 radical (unpaired) electrons. The van der Waals surface area contributed by atoms with Crippen LogP contribution in [0, 0.1) is 0 Å². The Kier molecular flexibility index (Phi) is 4.77. The van der Waals surface area contributed by atoms with Gasteiger partial charge in [-0.15, -0.1) is 0 Å². The summed E-state index contributed by atoms with van der Waals surface area (Å²) in [5, 5.41) is 18.9. The van der Waals surface area contributed by atoms with E-state index in [4.69, 9.17) is 9.47 Å². The highest BCUT2D eigenvalue weighted by molar-refractivity contribution is 6.31. The van der Waals surface area contributed by atoms with Gasteiger partial charge in [0.25, 0.3) is 5.91 Å². The maximum atomic E-state index is 13.6. The number of hydrogen-bond acceptors (Lipinski definition) is 5. The van der Waals surface area contributed by atoms with Crippen molar-refractivity contribution >= 4 is 55.5 Å². The van der Waals surface area contributed by atoms with Crippen molar-refractivity contribution in [1.82, 2.24) is 14.5 Å². The molecule has 3 aromatic carbocycles. The molecule has 1 fully saturated rings. The number of unbranched alkanes of at least 4 members (excludes halogenated alkanes) is 3. The molecule has 0 unspecified atom stereocenters. The van der Waals surface area contributed by atoms with Gasteiger partial charge in [0.1, 0.15) is 6.23 Å². The molecule has 198 valence electrons. The number of nitrogens with one attached hydrogen (secondary N) is 1. The van der Waals surface area contributed by atoms with Crippen LogP contribution in [-0.4, -0.2) is 38.3 Å². The lowest BCUT2D eigenvalue weighted by atomic mass is 9.95. The number of ether oxygens (including phenoxy) is 2. The molecule has 5 aromatic rings. The normalized spacial score (nSPS) is 23.3. The smallest absolute Gasteiger partial charge is 0.343 e. The van der Waals surface area contributed by atoms with Gasteiger partial charge in [-0.2, -0.15) is 0 Å². The molecule has 8 nitrogen and oxygen atoms in total. The largest absolute Gasteiger partial charge is 0.463 e. The number of carbonyl (C=O) groups excluding carboxylic acids is 2. The van der Waals surface area contributed by atoms with Gasteiger partial charge in [-0.25, -0.2) is 4.79 Å². The van der Waals surface area contributed by atoms with Crippen molar-refractivity contribution in [3.8, 4) is 0 Å². The van der Waals surface area contributed by atoms with Crippen LogP contribution in [0.5, 0.6) is 0 Å². The number of carbonyl (C=O) groups is 2. The van der Waals surface area contributed by atoms with E-state index in [9.17, 15) is 14.7 Å². The topological polar surface area (TPSA) is 94.7 Å². The van der Waals surface area contributed by atoms with Crippen LogP contribution in [0.25, 0.3) is 43.6 Å². The van der Waals surface area contributed by atoms with Crippen molar-refractivity contribution < 1.29 is 24.2 Å². The third-order valence-electron chi connectivity index (χ3n) is 8.84. The molecule has 3 atom stereocenters. The van der Waals surface area contributed by atoms with Crippen molar-refractivity contribution in [3.63, 3.8) is 0 Å². The zero-order valence-electron chi connectivity index (χ0n) is 21.7. The van der Waals surface area contributed by atoms with E-state index in [1.54, 1.807) is 0 Å². The number of nitrogens with zero attached hydrogens (tertiary/aromatic N) is 2. The average Bonchev–Trinajstić information content (AvgIpc) is 3.65. The minimum atomic E-state index is -1.87. The predicted octanol–water partition coefficient (Wildman–Crippen LogP) is 5.43. The first-order valence-corrected chi connectivity index (χ1v) is 13.9. The average molecular weight is 524 g/mol. The quantitative estimate of drug-likeness (QED) is 0.229. The fourth-order valence-corrected chi connectivity index (χ4v) is 7.16. The van der Waals surface area contributed by atoms with Gasteiger partial charge in [-0.3, -0.25) is 4.79 Å². The molecule has 3 aliphatic rings. The Hall–Kier alpha value is -3.88. The summed E-state index contributed by atoms with van der Waals surface area (Å²) < 4.78 is 16.4. The van der Waals surface area contributed by atoms with Gasteiger partial charge in [0.15, 0.2) is 6.23 Å². The molecule has 8 rings (SSSR count). The molecule has 8 heteroatoms. The van der Waals surface area contributed by atoms with Gasteiger partial charge in [-0.05, 0) is 24.1 Å². The van der Waals surface area contributed by atoms with Crippen molar-refractivity contribution in [2.24, 2.45) is 0 Å². The van der Waals surface area contributed by atoms with Gasteiger partial charge in [0, 0.05) is 34.5 Å². The van der Waals surface area contributed by atoms with E-state index in [1.807, 2.05) is 53.1 Å². The number of hydrogen-bond donors (Lipinski definition) is 2. The molecule has 2 aromatic heterocycles. The van der Waals surface area contributed by atoms with Gasteiger partial charge in [0.05, 0.1) is 34.2 Å². The minimum Gasteiger partial charge on any atom is -0.463 e. The first kappa shape index (κ1) is 23.0. The fourth-order valence-electron chi connectivity index (χ4n) is 7.16. The van der Waals surface area contributed by atoms with E-state index in [-0.39, 0.29) is 18.9 Å². The number of para-hydroxylation sites is 2. The van der Waals surface area contributed by atoms with Gasteiger partial charge < -0.3 is 29.0 Å². The number of amides is 1. The number of rotatable bonds is 6. The van der Waals surface area contributed by atoms with Crippen molar-refractivity contribution in [1.29, 1.82) is 0 Å². The summed E-state index contributed by atoms with van der Waals surface area (Å²) in [4.78, 5) is 26.9. The SMILES string of the molecule is CCCCCCOC(=O)[C@@]1(O)C[C@H]2O[C@@H]1n1c3ccccc3c3c4c(c5c6ccccc6n2c5c31)C(=O)NC4. The highest BCUT2D eigenvalue weighted by Gasteiger charge is 2.58. The Morgan fingerprint density at radius 1 is 1.03 bits per heavy atom. The highest BCUT2D eigenvalue weighted by atomic mass is 16.6. The summed E-state index contributed by atoms with van der Waals surface area (Å²) >= 11 is 0. The fraction of sp³-hybridized carbons (Fsp3) is 0.355. The van der Waals surface area contributed by atoms with Crippen LogP contribution in [0.2, 0.25) is 0 Å². The molecule has 0 spiro atoms. The van der Waals surface area contributed by atoms with Gasteiger partial charge in [0.2, 0.25) is 5.60 Å². The molecule has 2 N–H and O–H groups in total. The standard InChI is InChI=1S/C31H29N3O5/c1-2-3-4-9-14-38-30(36)31(37)15-22-33-20-12-7-6-11-18(20)24-25-19(16-32-28(25)35)23-17-10-5-8-13-21(17)34(29(31)39-22)26(23)27(24)33/h5-8,10-13,22,29,37H,2-4,9,14-16H2,1H3,(H,32,35)/t22-,29+,31-/m1/s1. The Morgan fingerprint density at radius 3 is 2.49 bits per heavy atom. The number of fused-ring (bicyclic) bond motifs is 13. The zero-order chi connectivity index (χ0) is 26.5. The Morgan fingerprint density at radius 2 is 1.72 bits per heavy atom. The van der Waals surface area contributed by atoms with Crippen molar-refractivity contribution in [2.45, 2.75) is 63.6 Å². The van der Waals surface area contributed by atoms with Gasteiger partial charge >= 0.3 is 5.97 Å². The molecular formula is C31H29N3O5. The zero-order valence-corrected chi connectivity index (χ0v) is 21.7. The molecule has 0 aliphatic carbocycles. The maximum absolute atomic E-state index is 13.6. The third kappa shape index (κ3) is 2.85. The maximum Gasteiger partial charge on any atom is 0.343 e. The molecule has 5 heterocycles. The lowest BCUT2D eigenvalue weighted by Gasteiger charge is -2.28. The first-order valence-electron chi connectivity index (χ1n) is 13.9. The Labute approximate surface area is 224 Å². The Bertz CT molecular complexity index is 1870. The van der Waals surface area contributed by atoms with Crippen molar-refractivity contribution in [2.75, 3.05) is 6.61 Å².